The van der Waals surface area contributed by atoms with E-state index in [1.165, 1.54) is 16.7 Å². The number of aryl methyl sites for hydroxylation is 2. The van der Waals surface area contributed by atoms with Crippen molar-refractivity contribution >= 4 is 11.9 Å². The quantitative estimate of drug-likeness (QED) is 0.870. The average molecular weight is 332 g/mol. The first-order chi connectivity index (χ1) is 11.4. The molecule has 5 heteroatoms. The highest BCUT2D eigenvalue weighted by molar-refractivity contribution is 5.77. The fourth-order valence-electron chi connectivity index (χ4n) is 3.40. The highest BCUT2D eigenvalue weighted by Crippen LogP contribution is 2.25. The summed E-state index contributed by atoms with van der Waals surface area (Å²) in [5.41, 5.74) is 3.94. The van der Waals surface area contributed by atoms with E-state index >= 15 is 0 Å². The van der Waals surface area contributed by atoms with Crippen molar-refractivity contribution in [2.45, 2.75) is 46.1 Å². The molecular weight excluding hydrogens is 304 g/mol. The van der Waals surface area contributed by atoms with Gasteiger partial charge in [-0.25, -0.2) is 0 Å². The SMILES string of the molecule is Cc1ccc(C(C)N2CCN(C(=O)CCCC(=O)O)CC2)c(C)c1. The van der Waals surface area contributed by atoms with Crippen LogP contribution in [0, 0.1) is 13.8 Å². The molecule has 5 nitrogen and oxygen atoms in total. The molecule has 2 rings (SSSR count). The van der Waals surface area contributed by atoms with E-state index in [0.717, 1.165) is 26.2 Å². The minimum absolute atomic E-state index is 0.0649. The number of rotatable bonds is 6. The molecule has 0 radical (unpaired) electrons. The first-order valence-corrected chi connectivity index (χ1v) is 8.69. The van der Waals surface area contributed by atoms with Gasteiger partial charge in [0.25, 0.3) is 0 Å². The first kappa shape index (κ1) is 18.5. The smallest absolute Gasteiger partial charge is 0.303 e. The number of carboxylic acid groups (broad SMARTS) is 1. The third-order valence-electron chi connectivity index (χ3n) is 4.87. The van der Waals surface area contributed by atoms with Crippen LogP contribution >= 0.6 is 0 Å². The van der Waals surface area contributed by atoms with E-state index < -0.39 is 5.97 Å². The van der Waals surface area contributed by atoms with Gasteiger partial charge in [-0.2, -0.15) is 0 Å². The maximum absolute atomic E-state index is 12.1. The van der Waals surface area contributed by atoms with Crippen LogP contribution in [0.1, 0.15) is 48.9 Å². The standard InChI is InChI=1S/C19H28N2O3/c1-14-7-8-17(15(2)13-14)16(3)20-9-11-21(12-10-20)18(22)5-4-6-19(23)24/h7-8,13,16H,4-6,9-12H2,1-3H3,(H,23,24). The molecule has 1 aromatic carbocycles. The second-order valence-electron chi connectivity index (χ2n) is 6.70. The van der Waals surface area contributed by atoms with Crippen LogP contribution in [0.25, 0.3) is 0 Å². The summed E-state index contributed by atoms with van der Waals surface area (Å²) in [5, 5.41) is 8.65. The highest BCUT2D eigenvalue weighted by atomic mass is 16.4. The van der Waals surface area contributed by atoms with Crippen LogP contribution in [-0.2, 0) is 9.59 Å². The number of hydrogen-bond acceptors (Lipinski definition) is 3. The van der Waals surface area contributed by atoms with Gasteiger partial charge in [0, 0.05) is 45.1 Å². The number of hydrogen-bond donors (Lipinski definition) is 1. The molecule has 1 aliphatic heterocycles. The molecule has 1 aromatic rings. The molecule has 1 amide bonds. The van der Waals surface area contributed by atoms with Crippen LogP contribution in [0.3, 0.4) is 0 Å². The van der Waals surface area contributed by atoms with Gasteiger partial charge in [-0.1, -0.05) is 23.8 Å². The Morgan fingerprint density at radius 3 is 2.38 bits per heavy atom. The lowest BCUT2D eigenvalue weighted by molar-refractivity contribution is -0.137. The van der Waals surface area contributed by atoms with Crippen molar-refractivity contribution in [3.05, 3.63) is 34.9 Å². The summed E-state index contributed by atoms with van der Waals surface area (Å²) in [6.45, 7) is 9.65. The van der Waals surface area contributed by atoms with Gasteiger partial charge in [-0.05, 0) is 38.3 Å². The fourth-order valence-corrected chi connectivity index (χ4v) is 3.40. The molecule has 1 fully saturated rings. The lowest BCUT2D eigenvalue weighted by Gasteiger charge is -2.38. The normalized spacial score (nSPS) is 16.9. The third kappa shape index (κ3) is 4.81. The van der Waals surface area contributed by atoms with Crippen LogP contribution in [0.15, 0.2) is 18.2 Å². The van der Waals surface area contributed by atoms with Gasteiger partial charge >= 0.3 is 5.97 Å². The van der Waals surface area contributed by atoms with Gasteiger partial charge in [0.05, 0.1) is 0 Å². The van der Waals surface area contributed by atoms with E-state index in [1.807, 2.05) is 4.90 Å². The Morgan fingerprint density at radius 1 is 1.12 bits per heavy atom. The lowest BCUT2D eigenvalue weighted by atomic mass is 9.98. The van der Waals surface area contributed by atoms with Crippen molar-refractivity contribution in [3.63, 3.8) is 0 Å². The maximum atomic E-state index is 12.1. The molecular formula is C19H28N2O3. The number of carbonyl (C=O) groups excluding carboxylic acids is 1. The van der Waals surface area contributed by atoms with Crippen molar-refractivity contribution in [1.82, 2.24) is 9.80 Å². The molecule has 1 N–H and O–H groups in total. The number of piperazine rings is 1. The molecule has 132 valence electrons. The molecule has 1 atom stereocenters. The van der Waals surface area contributed by atoms with Gasteiger partial charge in [0.1, 0.15) is 0 Å². The van der Waals surface area contributed by atoms with Gasteiger partial charge in [-0.3, -0.25) is 14.5 Å². The van der Waals surface area contributed by atoms with Crippen LogP contribution in [0.2, 0.25) is 0 Å². The molecule has 1 aliphatic rings. The molecule has 1 heterocycles. The van der Waals surface area contributed by atoms with Crippen molar-refractivity contribution in [1.29, 1.82) is 0 Å². The largest absolute Gasteiger partial charge is 0.481 e. The Hall–Kier alpha value is -1.88. The number of benzene rings is 1. The van der Waals surface area contributed by atoms with Crippen LogP contribution < -0.4 is 0 Å². The highest BCUT2D eigenvalue weighted by Gasteiger charge is 2.25. The summed E-state index contributed by atoms with van der Waals surface area (Å²) in [7, 11) is 0. The zero-order chi connectivity index (χ0) is 17.7. The Bertz CT molecular complexity index is 592. The van der Waals surface area contributed by atoms with Gasteiger partial charge in [0.2, 0.25) is 5.91 Å². The first-order valence-electron chi connectivity index (χ1n) is 8.69. The summed E-state index contributed by atoms with van der Waals surface area (Å²) in [6, 6.07) is 6.92. The lowest BCUT2D eigenvalue weighted by Crippen LogP contribution is -2.49. The van der Waals surface area contributed by atoms with Crippen molar-refractivity contribution in [3.8, 4) is 0 Å². The van der Waals surface area contributed by atoms with Crippen LogP contribution in [0.4, 0.5) is 0 Å². The fraction of sp³-hybridized carbons (Fsp3) is 0.579. The van der Waals surface area contributed by atoms with Crippen LogP contribution in [0.5, 0.6) is 0 Å². The van der Waals surface area contributed by atoms with Crippen molar-refractivity contribution in [2.75, 3.05) is 26.2 Å². The molecule has 0 spiro atoms. The number of carbonyl (C=O) groups is 2. The number of carboxylic acids is 1. The number of aliphatic carboxylic acids is 1. The average Bonchev–Trinajstić information content (AvgIpc) is 2.54. The second kappa shape index (κ2) is 8.29. The van der Waals surface area contributed by atoms with E-state index in [-0.39, 0.29) is 12.3 Å². The van der Waals surface area contributed by atoms with E-state index in [4.69, 9.17) is 5.11 Å². The van der Waals surface area contributed by atoms with Gasteiger partial charge < -0.3 is 10.0 Å². The van der Waals surface area contributed by atoms with Crippen molar-refractivity contribution in [2.24, 2.45) is 0 Å². The van der Waals surface area contributed by atoms with E-state index in [0.29, 0.717) is 18.9 Å². The summed E-state index contributed by atoms with van der Waals surface area (Å²) in [6.07, 6.45) is 0.821. The Balaban J connectivity index is 1.85. The summed E-state index contributed by atoms with van der Waals surface area (Å²) < 4.78 is 0. The predicted molar refractivity (Wildman–Crippen MR) is 94.0 cm³/mol. The monoisotopic (exact) mass is 332 g/mol. The summed E-state index contributed by atoms with van der Waals surface area (Å²) >= 11 is 0. The zero-order valence-corrected chi connectivity index (χ0v) is 14.9. The Morgan fingerprint density at radius 2 is 1.79 bits per heavy atom. The topological polar surface area (TPSA) is 60.9 Å². The van der Waals surface area contributed by atoms with Crippen LogP contribution in [-0.4, -0.2) is 53.0 Å². The molecule has 1 unspecified atom stereocenters. The Labute approximate surface area is 144 Å². The van der Waals surface area contributed by atoms with Gasteiger partial charge in [0.15, 0.2) is 0 Å². The van der Waals surface area contributed by atoms with Gasteiger partial charge in [-0.15, -0.1) is 0 Å². The molecule has 1 saturated heterocycles. The maximum Gasteiger partial charge on any atom is 0.303 e. The number of nitrogens with zero attached hydrogens (tertiary/aromatic N) is 2. The number of amides is 1. The molecule has 24 heavy (non-hydrogen) atoms. The van der Waals surface area contributed by atoms with E-state index in [9.17, 15) is 9.59 Å². The molecule has 0 aliphatic carbocycles. The second-order valence-corrected chi connectivity index (χ2v) is 6.70. The van der Waals surface area contributed by atoms with E-state index in [2.05, 4.69) is 43.9 Å². The zero-order valence-electron chi connectivity index (χ0n) is 14.9. The third-order valence-corrected chi connectivity index (χ3v) is 4.87. The van der Waals surface area contributed by atoms with E-state index in [1.54, 1.807) is 0 Å². The molecule has 0 aromatic heterocycles. The minimum atomic E-state index is -0.838. The minimum Gasteiger partial charge on any atom is -0.481 e. The summed E-state index contributed by atoms with van der Waals surface area (Å²) in [5.74, 6) is -0.759. The molecule has 0 bridgehead atoms. The summed E-state index contributed by atoms with van der Waals surface area (Å²) in [4.78, 5) is 26.9. The molecule has 0 saturated carbocycles. The van der Waals surface area contributed by atoms with Crippen molar-refractivity contribution < 1.29 is 14.7 Å². The Kier molecular flexibility index (Phi) is 6.37. The predicted octanol–water partition coefficient (Wildman–Crippen LogP) is 2.76.